The molecule has 1 aromatic heterocycles. The fraction of sp³-hybridized carbons (Fsp3) is 0.500. The lowest BCUT2D eigenvalue weighted by atomic mass is 9.91. The second-order valence-corrected chi connectivity index (χ2v) is 4.83. The highest BCUT2D eigenvalue weighted by Gasteiger charge is 2.25. The van der Waals surface area contributed by atoms with Crippen LogP contribution in [-0.4, -0.2) is 23.1 Å². The smallest absolute Gasteiger partial charge is 0.139 e. The maximum atomic E-state index is 5.78. The maximum Gasteiger partial charge on any atom is 0.139 e. The van der Waals surface area contributed by atoms with Crippen LogP contribution >= 0.6 is 12.2 Å². The second-order valence-electron chi connectivity index (χ2n) is 4.39. The Balaban J connectivity index is 2.38. The lowest BCUT2D eigenvalue weighted by Crippen LogP contribution is -2.39. The number of nitrogens with zero attached hydrogens (tertiary/aromatic N) is 2. The number of aryl methyl sites for hydroxylation is 1. The standard InChI is InChI=1S/C12H17N3S/c1-8-6-7-14-12(10(8)11(13)16)15(2)9-4-3-5-9/h6-7,9H,3-5H2,1-2H3,(H2,13,16). The molecule has 3 nitrogen and oxygen atoms in total. The number of anilines is 1. The highest BCUT2D eigenvalue weighted by molar-refractivity contribution is 7.80. The first-order valence-corrected chi connectivity index (χ1v) is 6.00. The van der Waals surface area contributed by atoms with Crippen molar-refractivity contribution < 1.29 is 0 Å². The van der Waals surface area contributed by atoms with E-state index in [4.69, 9.17) is 18.0 Å². The third-order valence-electron chi connectivity index (χ3n) is 3.34. The van der Waals surface area contributed by atoms with Gasteiger partial charge in [-0.1, -0.05) is 12.2 Å². The molecule has 1 aliphatic carbocycles. The summed E-state index contributed by atoms with van der Waals surface area (Å²) in [6.45, 7) is 2.02. The molecule has 0 atom stereocenters. The Kier molecular flexibility index (Phi) is 3.10. The van der Waals surface area contributed by atoms with Gasteiger partial charge in [0.05, 0.1) is 5.56 Å². The van der Waals surface area contributed by atoms with Gasteiger partial charge in [0.1, 0.15) is 10.8 Å². The molecule has 4 heteroatoms. The lowest BCUT2D eigenvalue weighted by molar-refractivity contribution is 0.399. The van der Waals surface area contributed by atoms with Crippen molar-refractivity contribution in [3.05, 3.63) is 23.4 Å². The van der Waals surface area contributed by atoms with Crippen molar-refractivity contribution in [2.45, 2.75) is 32.2 Å². The van der Waals surface area contributed by atoms with Gasteiger partial charge in [0.25, 0.3) is 0 Å². The molecule has 0 saturated heterocycles. The molecule has 0 amide bonds. The Morgan fingerprint density at radius 3 is 2.75 bits per heavy atom. The van der Waals surface area contributed by atoms with Crippen LogP contribution in [0.3, 0.4) is 0 Å². The molecule has 0 bridgehead atoms. The van der Waals surface area contributed by atoms with Crippen molar-refractivity contribution in [1.82, 2.24) is 4.98 Å². The van der Waals surface area contributed by atoms with Crippen LogP contribution in [0, 0.1) is 6.92 Å². The van der Waals surface area contributed by atoms with Gasteiger partial charge in [-0.3, -0.25) is 0 Å². The van der Waals surface area contributed by atoms with Gasteiger partial charge in [0.2, 0.25) is 0 Å². The molecule has 1 saturated carbocycles. The van der Waals surface area contributed by atoms with E-state index in [1.54, 1.807) is 0 Å². The second kappa shape index (κ2) is 4.37. The molecule has 1 aromatic rings. The van der Waals surface area contributed by atoms with Gasteiger partial charge in [0, 0.05) is 19.3 Å². The van der Waals surface area contributed by atoms with E-state index in [9.17, 15) is 0 Å². The Labute approximate surface area is 102 Å². The first-order valence-electron chi connectivity index (χ1n) is 5.59. The van der Waals surface area contributed by atoms with Crippen LogP contribution in [0.15, 0.2) is 12.3 Å². The van der Waals surface area contributed by atoms with Gasteiger partial charge in [-0.15, -0.1) is 0 Å². The van der Waals surface area contributed by atoms with Crippen LogP contribution < -0.4 is 10.6 Å². The molecule has 0 aromatic carbocycles. The van der Waals surface area contributed by atoms with Crippen molar-refractivity contribution in [3.63, 3.8) is 0 Å². The monoisotopic (exact) mass is 235 g/mol. The number of aromatic nitrogens is 1. The highest BCUT2D eigenvalue weighted by Crippen LogP contribution is 2.29. The lowest BCUT2D eigenvalue weighted by Gasteiger charge is -2.36. The van der Waals surface area contributed by atoms with Crippen LogP contribution in [0.25, 0.3) is 0 Å². The summed E-state index contributed by atoms with van der Waals surface area (Å²) in [4.78, 5) is 7.07. The summed E-state index contributed by atoms with van der Waals surface area (Å²) >= 11 is 5.11. The average Bonchev–Trinajstić information content (AvgIpc) is 2.13. The average molecular weight is 235 g/mol. The zero-order valence-corrected chi connectivity index (χ0v) is 10.5. The van der Waals surface area contributed by atoms with Crippen LogP contribution in [-0.2, 0) is 0 Å². The van der Waals surface area contributed by atoms with Gasteiger partial charge in [-0.2, -0.15) is 0 Å². The summed E-state index contributed by atoms with van der Waals surface area (Å²) < 4.78 is 0. The van der Waals surface area contributed by atoms with Crippen molar-refractivity contribution in [3.8, 4) is 0 Å². The molecule has 1 fully saturated rings. The number of hydrogen-bond acceptors (Lipinski definition) is 3. The fourth-order valence-electron chi connectivity index (χ4n) is 2.06. The number of pyridine rings is 1. The van der Waals surface area contributed by atoms with Crippen molar-refractivity contribution in [2.24, 2.45) is 5.73 Å². The van der Waals surface area contributed by atoms with E-state index < -0.39 is 0 Å². The highest BCUT2D eigenvalue weighted by atomic mass is 32.1. The van der Waals surface area contributed by atoms with E-state index in [0.29, 0.717) is 11.0 Å². The molecule has 86 valence electrons. The minimum Gasteiger partial charge on any atom is -0.389 e. The Hall–Kier alpha value is -1.16. The van der Waals surface area contributed by atoms with Crippen molar-refractivity contribution >= 4 is 23.0 Å². The van der Waals surface area contributed by atoms with Gasteiger partial charge in [0.15, 0.2) is 0 Å². The quantitative estimate of drug-likeness (QED) is 0.814. The van der Waals surface area contributed by atoms with E-state index in [0.717, 1.165) is 16.9 Å². The molecule has 0 aliphatic heterocycles. The summed E-state index contributed by atoms with van der Waals surface area (Å²) in [5.74, 6) is 0.928. The third-order valence-corrected chi connectivity index (χ3v) is 3.55. The topological polar surface area (TPSA) is 42.2 Å². The van der Waals surface area contributed by atoms with Gasteiger partial charge >= 0.3 is 0 Å². The predicted octanol–water partition coefficient (Wildman–Crippen LogP) is 2.01. The zero-order valence-electron chi connectivity index (χ0n) is 9.73. The number of rotatable bonds is 3. The van der Waals surface area contributed by atoms with E-state index in [1.807, 2.05) is 19.2 Å². The molecular formula is C12H17N3S. The summed E-state index contributed by atoms with van der Waals surface area (Å²) in [6.07, 6.45) is 5.61. The van der Waals surface area contributed by atoms with Crippen LogP contribution in [0.2, 0.25) is 0 Å². The van der Waals surface area contributed by atoms with E-state index in [2.05, 4.69) is 16.9 Å². The summed E-state index contributed by atoms with van der Waals surface area (Å²) in [6, 6.07) is 2.55. The van der Waals surface area contributed by atoms with Crippen LogP contribution in [0.5, 0.6) is 0 Å². The third kappa shape index (κ3) is 1.89. The van der Waals surface area contributed by atoms with Crippen molar-refractivity contribution in [2.75, 3.05) is 11.9 Å². The molecule has 16 heavy (non-hydrogen) atoms. The Morgan fingerprint density at radius 1 is 1.56 bits per heavy atom. The van der Waals surface area contributed by atoms with E-state index >= 15 is 0 Å². The summed E-state index contributed by atoms with van der Waals surface area (Å²) in [5, 5.41) is 0. The molecule has 0 unspecified atom stereocenters. The molecular weight excluding hydrogens is 218 g/mol. The maximum absolute atomic E-state index is 5.78. The SMILES string of the molecule is Cc1ccnc(N(C)C2CCC2)c1C(N)=S. The number of nitrogens with two attached hydrogens (primary N) is 1. The minimum atomic E-state index is 0.437. The molecule has 1 heterocycles. The molecule has 0 radical (unpaired) electrons. The molecule has 1 aliphatic rings. The molecule has 2 N–H and O–H groups in total. The number of hydrogen-bond donors (Lipinski definition) is 1. The predicted molar refractivity (Wildman–Crippen MR) is 70.9 cm³/mol. The van der Waals surface area contributed by atoms with Crippen LogP contribution in [0.1, 0.15) is 30.4 Å². The minimum absolute atomic E-state index is 0.437. The molecule has 0 spiro atoms. The van der Waals surface area contributed by atoms with E-state index in [1.165, 1.54) is 19.3 Å². The zero-order chi connectivity index (χ0) is 11.7. The fourth-order valence-corrected chi connectivity index (χ4v) is 2.32. The van der Waals surface area contributed by atoms with E-state index in [-0.39, 0.29) is 0 Å². The van der Waals surface area contributed by atoms with Crippen LogP contribution in [0.4, 0.5) is 5.82 Å². The Morgan fingerprint density at radius 2 is 2.25 bits per heavy atom. The molecule has 2 rings (SSSR count). The van der Waals surface area contributed by atoms with Gasteiger partial charge in [-0.25, -0.2) is 4.98 Å². The number of thiocarbonyl (C=S) groups is 1. The summed E-state index contributed by atoms with van der Waals surface area (Å²) in [5.41, 5.74) is 7.80. The first kappa shape index (κ1) is 11.3. The largest absolute Gasteiger partial charge is 0.389 e. The van der Waals surface area contributed by atoms with Gasteiger partial charge < -0.3 is 10.6 Å². The Bertz CT molecular complexity index is 413. The summed E-state index contributed by atoms with van der Waals surface area (Å²) in [7, 11) is 2.08. The van der Waals surface area contributed by atoms with Crippen molar-refractivity contribution in [1.29, 1.82) is 0 Å². The van der Waals surface area contributed by atoms with Gasteiger partial charge in [-0.05, 0) is 37.8 Å². The first-order chi connectivity index (χ1) is 7.61. The normalized spacial score (nSPS) is 15.6.